The van der Waals surface area contributed by atoms with E-state index in [1.54, 1.807) is 0 Å². The smallest absolute Gasteiger partial charge is 0.148 e. The van der Waals surface area contributed by atoms with E-state index >= 15 is 0 Å². The number of nitrogens with one attached hydrogen (secondary N) is 1. The third kappa shape index (κ3) is 3.42. The zero-order valence-corrected chi connectivity index (χ0v) is 13.3. The summed E-state index contributed by atoms with van der Waals surface area (Å²) in [7, 11) is 0. The molecule has 0 aliphatic rings. The van der Waals surface area contributed by atoms with E-state index < -0.39 is 0 Å². The van der Waals surface area contributed by atoms with Crippen LogP contribution >= 0.6 is 15.9 Å². The van der Waals surface area contributed by atoms with Crippen molar-refractivity contribution in [2.75, 3.05) is 0 Å². The molecule has 1 N–H and O–H groups in total. The highest BCUT2D eigenvalue weighted by Crippen LogP contribution is 2.21. The van der Waals surface area contributed by atoms with Crippen LogP contribution in [0.5, 0.6) is 0 Å². The molecule has 0 bridgehead atoms. The Morgan fingerprint density at radius 3 is 2.63 bits per heavy atom. The van der Waals surface area contributed by atoms with Gasteiger partial charge in [-0.1, -0.05) is 35.8 Å². The minimum absolute atomic E-state index is 0.454. The highest BCUT2D eigenvalue weighted by Gasteiger charge is 2.11. The van der Waals surface area contributed by atoms with Crippen LogP contribution in [0.1, 0.15) is 31.1 Å². The van der Waals surface area contributed by atoms with Gasteiger partial charge in [0, 0.05) is 17.1 Å². The summed E-state index contributed by atoms with van der Waals surface area (Å²) >= 11 is 3.52. The minimum atomic E-state index is 0.454. The van der Waals surface area contributed by atoms with E-state index in [0.717, 1.165) is 28.4 Å². The van der Waals surface area contributed by atoms with Crippen molar-refractivity contribution in [1.29, 1.82) is 0 Å². The minimum Gasteiger partial charge on any atom is -0.310 e. The van der Waals surface area contributed by atoms with Crippen LogP contribution in [0.4, 0.5) is 0 Å². The van der Waals surface area contributed by atoms with Gasteiger partial charge in [-0.25, -0.2) is 9.67 Å². The largest absolute Gasteiger partial charge is 0.310 e. The lowest BCUT2D eigenvalue weighted by Crippen LogP contribution is -2.22. The lowest BCUT2D eigenvalue weighted by Gasteiger charge is -2.13. The monoisotopic (exact) mass is 322 g/mol. The molecule has 2 aromatic rings. The maximum absolute atomic E-state index is 4.47. The normalized spacial score (nSPS) is 11.3. The highest BCUT2D eigenvalue weighted by atomic mass is 79.9. The molecule has 0 unspecified atom stereocenters. The van der Waals surface area contributed by atoms with Gasteiger partial charge in [0.2, 0.25) is 0 Å². The third-order valence-corrected chi connectivity index (χ3v) is 3.34. The van der Waals surface area contributed by atoms with Crippen molar-refractivity contribution < 1.29 is 0 Å². The summed E-state index contributed by atoms with van der Waals surface area (Å²) < 4.78 is 2.94. The van der Waals surface area contributed by atoms with Crippen molar-refractivity contribution in [2.24, 2.45) is 0 Å². The summed E-state index contributed by atoms with van der Waals surface area (Å²) in [6.07, 6.45) is 0. The van der Waals surface area contributed by atoms with Gasteiger partial charge < -0.3 is 5.32 Å². The van der Waals surface area contributed by atoms with Crippen LogP contribution in [-0.2, 0) is 6.54 Å². The third-order valence-electron chi connectivity index (χ3n) is 2.85. The molecule has 0 radical (unpaired) electrons. The van der Waals surface area contributed by atoms with E-state index in [0.29, 0.717) is 6.04 Å². The van der Waals surface area contributed by atoms with Crippen LogP contribution in [0.2, 0.25) is 0 Å². The average Bonchev–Trinajstić information content (AvgIpc) is 2.66. The van der Waals surface area contributed by atoms with Crippen LogP contribution in [0.15, 0.2) is 22.7 Å². The number of aromatic nitrogens is 3. The Kier molecular flexibility index (Phi) is 4.37. The average molecular weight is 323 g/mol. The van der Waals surface area contributed by atoms with Gasteiger partial charge in [0.05, 0.1) is 5.69 Å². The first kappa shape index (κ1) is 14.2. The summed E-state index contributed by atoms with van der Waals surface area (Å²) in [5.41, 5.74) is 2.28. The summed E-state index contributed by atoms with van der Waals surface area (Å²) in [5.74, 6) is 1.70. The molecule has 1 heterocycles. The molecule has 19 heavy (non-hydrogen) atoms. The maximum atomic E-state index is 4.47. The van der Waals surface area contributed by atoms with Crippen molar-refractivity contribution >= 4 is 15.9 Å². The topological polar surface area (TPSA) is 42.7 Å². The molecule has 0 aliphatic carbocycles. The second-order valence-electron chi connectivity index (χ2n) is 4.93. The number of benzene rings is 1. The summed E-state index contributed by atoms with van der Waals surface area (Å²) in [6, 6.07) is 6.71. The Hall–Kier alpha value is -1.20. The van der Waals surface area contributed by atoms with Crippen LogP contribution in [0.25, 0.3) is 5.69 Å². The van der Waals surface area contributed by atoms with Crippen molar-refractivity contribution in [3.63, 3.8) is 0 Å². The second-order valence-corrected chi connectivity index (χ2v) is 5.84. The molecule has 0 spiro atoms. The number of aryl methyl sites for hydroxylation is 2. The molecule has 5 heteroatoms. The van der Waals surface area contributed by atoms with E-state index in [9.17, 15) is 0 Å². The fourth-order valence-corrected chi connectivity index (χ4v) is 2.30. The molecule has 0 amide bonds. The quantitative estimate of drug-likeness (QED) is 0.940. The molecular weight excluding hydrogens is 304 g/mol. The zero-order chi connectivity index (χ0) is 14.0. The molecule has 0 saturated carbocycles. The Balaban J connectivity index is 2.42. The van der Waals surface area contributed by atoms with Gasteiger partial charge in [-0.15, -0.1) is 0 Å². The summed E-state index contributed by atoms with van der Waals surface area (Å²) in [5, 5.41) is 7.91. The summed E-state index contributed by atoms with van der Waals surface area (Å²) in [6.45, 7) is 8.99. The van der Waals surface area contributed by atoms with Crippen molar-refractivity contribution in [3.05, 3.63) is 39.9 Å². The van der Waals surface area contributed by atoms with E-state index in [4.69, 9.17) is 0 Å². The number of rotatable bonds is 4. The molecule has 2 rings (SSSR count). The van der Waals surface area contributed by atoms with Gasteiger partial charge >= 0.3 is 0 Å². The van der Waals surface area contributed by atoms with Crippen molar-refractivity contribution in [2.45, 2.75) is 40.3 Å². The molecule has 1 aromatic carbocycles. The first-order valence-electron chi connectivity index (χ1n) is 6.40. The highest BCUT2D eigenvalue weighted by molar-refractivity contribution is 9.10. The first-order valence-corrected chi connectivity index (χ1v) is 7.19. The van der Waals surface area contributed by atoms with Crippen molar-refractivity contribution in [1.82, 2.24) is 20.1 Å². The van der Waals surface area contributed by atoms with Gasteiger partial charge in [-0.05, 0) is 31.5 Å². The molecular formula is C14H19BrN4. The van der Waals surface area contributed by atoms with Crippen LogP contribution < -0.4 is 5.32 Å². The van der Waals surface area contributed by atoms with E-state index in [-0.39, 0.29) is 0 Å². The Labute approximate surface area is 122 Å². The fourth-order valence-electron chi connectivity index (χ4n) is 1.95. The van der Waals surface area contributed by atoms with Crippen LogP contribution in [-0.4, -0.2) is 20.8 Å². The number of hydrogen-bond acceptors (Lipinski definition) is 3. The van der Waals surface area contributed by atoms with Crippen LogP contribution in [0.3, 0.4) is 0 Å². The number of nitrogens with zero attached hydrogens (tertiary/aromatic N) is 3. The maximum Gasteiger partial charge on any atom is 0.148 e. The van der Waals surface area contributed by atoms with Crippen LogP contribution in [0, 0.1) is 13.8 Å². The molecule has 4 nitrogen and oxygen atoms in total. The summed E-state index contributed by atoms with van der Waals surface area (Å²) in [4.78, 5) is 4.37. The fraction of sp³-hybridized carbons (Fsp3) is 0.429. The SMILES string of the molecule is Cc1nc(C)n(-c2cc(Br)ccc2CNC(C)C)n1. The zero-order valence-electron chi connectivity index (χ0n) is 11.7. The Bertz CT molecular complexity index is 575. The van der Waals surface area contributed by atoms with E-state index in [1.807, 2.05) is 18.5 Å². The molecule has 0 fully saturated rings. The Morgan fingerprint density at radius 2 is 2.05 bits per heavy atom. The van der Waals surface area contributed by atoms with Gasteiger partial charge in [-0.2, -0.15) is 5.10 Å². The molecule has 0 atom stereocenters. The van der Waals surface area contributed by atoms with E-state index in [2.05, 4.69) is 63.4 Å². The Morgan fingerprint density at radius 1 is 1.32 bits per heavy atom. The molecule has 0 saturated heterocycles. The van der Waals surface area contributed by atoms with Gasteiger partial charge in [0.15, 0.2) is 0 Å². The lowest BCUT2D eigenvalue weighted by molar-refractivity contribution is 0.586. The van der Waals surface area contributed by atoms with Gasteiger partial charge in [0.1, 0.15) is 11.6 Å². The van der Waals surface area contributed by atoms with Gasteiger partial charge in [-0.3, -0.25) is 0 Å². The van der Waals surface area contributed by atoms with E-state index in [1.165, 1.54) is 5.56 Å². The molecule has 0 aliphatic heterocycles. The predicted octanol–water partition coefficient (Wildman–Crippen LogP) is 3.14. The molecule has 1 aromatic heterocycles. The van der Waals surface area contributed by atoms with Gasteiger partial charge in [0.25, 0.3) is 0 Å². The predicted molar refractivity (Wildman–Crippen MR) is 80.5 cm³/mol. The van der Waals surface area contributed by atoms with Crippen molar-refractivity contribution in [3.8, 4) is 5.69 Å². The second kappa shape index (κ2) is 5.84. The number of halogens is 1. The molecule has 102 valence electrons. The lowest BCUT2D eigenvalue weighted by atomic mass is 10.1. The standard InChI is InChI=1S/C14H19BrN4/c1-9(2)16-8-12-5-6-13(15)7-14(12)19-11(4)17-10(3)18-19/h5-7,9,16H,8H2,1-4H3. The first-order chi connectivity index (χ1) is 8.97. The number of hydrogen-bond donors (Lipinski definition) is 1.